The molecule has 0 saturated carbocycles. The van der Waals surface area contributed by atoms with Crippen molar-refractivity contribution >= 4 is 23.6 Å². The molecule has 0 atom stereocenters. The number of carbonyl (C=O) groups excluding carboxylic acids is 1. The summed E-state index contributed by atoms with van der Waals surface area (Å²) >= 11 is 6.40. The van der Waals surface area contributed by atoms with Gasteiger partial charge in [0.1, 0.15) is 16.4 Å². The average molecular weight is 407 g/mol. The van der Waals surface area contributed by atoms with E-state index in [9.17, 15) is 9.90 Å². The lowest BCUT2D eigenvalue weighted by atomic mass is 10.1. The smallest absolute Gasteiger partial charge is 0.246 e. The maximum absolute atomic E-state index is 12.4. The molecule has 28 heavy (non-hydrogen) atoms. The van der Waals surface area contributed by atoms with Crippen LogP contribution in [-0.4, -0.2) is 53.8 Å². The van der Waals surface area contributed by atoms with E-state index in [1.807, 2.05) is 6.92 Å². The van der Waals surface area contributed by atoms with Crippen molar-refractivity contribution in [3.05, 3.63) is 34.4 Å². The minimum absolute atomic E-state index is 0.0723. The molecule has 1 saturated heterocycles. The van der Waals surface area contributed by atoms with Gasteiger partial charge < -0.3 is 10.0 Å². The number of aromatic nitrogens is 5. The second-order valence-corrected chi connectivity index (χ2v) is 8.10. The van der Waals surface area contributed by atoms with Crippen LogP contribution in [0.3, 0.4) is 0 Å². The highest BCUT2D eigenvalue weighted by Crippen LogP contribution is 2.25. The van der Waals surface area contributed by atoms with Gasteiger partial charge >= 0.3 is 0 Å². The summed E-state index contributed by atoms with van der Waals surface area (Å²) in [5.74, 6) is -0.0733. The van der Waals surface area contributed by atoms with E-state index in [2.05, 4.69) is 22.3 Å². The fourth-order valence-electron chi connectivity index (χ4n) is 3.01. The third-order valence-electron chi connectivity index (χ3n) is 4.91. The van der Waals surface area contributed by atoms with Crippen LogP contribution in [-0.2, 0) is 16.9 Å². The highest BCUT2D eigenvalue weighted by molar-refractivity contribution is 6.31. The second-order valence-electron chi connectivity index (χ2n) is 7.74. The number of halogens is 1. The first-order valence-electron chi connectivity index (χ1n) is 9.55. The van der Waals surface area contributed by atoms with Crippen LogP contribution in [0.25, 0.3) is 6.08 Å². The number of hydrogen-bond donors (Lipinski definition) is 1. The molecule has 152 valence electrons. The Labute approximate surface area is 169 Å². The van der Waals surface area contributed by atoms with Gasteiger partial charge in [-0.2, -0.15) is 5.10 Å². The third-order valence-corrected chi connectivity index (χ3v) is 5.31. The largest absolute Gasteiger partial charge is 0.384 e. The van der Waals surface area contributed by atoms with Crippen LogP contribution in [0.15, 0.2) is 12.3 Å². The summed E-state index contributed by atoms with van der Waals surface area (Å²) in [7, 11) is 0. The standard InChI is InChI=1S/C19H27ClN6O2/c1-5-6-9-25-18(20)15(13(2)22-25)7-8-17(27)24-10-14(11-24)26-12-16(21-23-26)19(3,4)28/h7-8,12,14,28H,5-6,9-11H2,1-4H3/b8-7+. The Morgan fingerprint density at radius 3 is 2.75 bits per heavy atom. The number of nitrogens with zero attached hydrogens (tertiary/aromatic N) is 6. The summed E-state index contributed by atoms with van der Waals surface area (Å²) in [6.45, 7) is 9.23. The summed E-state index contributed by atoms with van der Waals surface area (Å²) in [4.78, 5) is 14.2. The molecule has 0 aliphatic carbocycles. The number of carbonyl (C=O) groups is 1. The molecule has 0 aromatic carbocycles. The Morgan fingerprint density at radius 2 is 2.14 bits per heavy atom. The average Bonchev–Trinajstić information content (AvgIpc) is 3.16. The zero-order valence-electron chi connectivity index (χ0n) is 16.8. The van der Waals surface area contributed by atoms with E-state index in [1.54, 1.807) is 46.5 Å². The lowest BCUT2D eigenvalue weighted by molar-refractivity contribution is -0.131. The van der Waals surface area contributed by atoms with Gasteiger partial charge in [0.2, 0.25) is 5.91 Å². The summed E-state index contributed by atoms with van der Waals surface area (Å²) in [6.07, 6.45) is 7.09. The molecule has 1 N–H and O–H groups in total. The molecule has 3 heterocycles. The summed E-state index contributed by atoms with van der Waals surface area (Å²) in [5.41, 5.74) is 1.09. The van der Waals surface area contributed by atoms with Gasteiger partial charge in [0, 0.05) is 31.3 Å². The van der Waals surface area contributed by atoms with E-state index >= 15 is 0 Å². The van der Waals surface area contributed by atoms with Crippen LogP contribution in [0.5, 0.6) is 0 Å². The van der Waals surface area contributed by atoms with E-state index in [0.717, 1.165) is 30.6 Å². The molecule has 1 fully saturated rings. The summed E-state index contributed by atoms with van der Waals surface area (Å²) < 4.78 is 3.49. The normalized spacial score (nSPS) is 15.4. The Morgan fingerprint density at radius 1 is 1.43 bits per heavy atom. The van der Waals surface area contributed by atoms with Gasteiger partial charge in [0.25, 0.3) is 0 Å². The molecular formula is C19H27ClN6O2. The van der Waals surface area contributed by atoms with E-state index in [4.69, 9.17) is 11.6 Å². The Kier molecular flexibility index (Phi) is 5.90. The van der Waals surface area contributed by atoms with E-state index in [-0.39, 0.29) is 11.9 Å². The van der Waals surface area contributed by atoms with Gasteiger partial charge in [-0.25, -0.2) is 4.68 Å². The number of likely N-dealkylation sites (tertiary alicyclic amines) is 1. The number of aryl methyl sites for hydroxylation is 2. The predicted octanol–water partition coefficient (Wildman–Crippen LogP) is 2.56. The molecular weight excluding hydrogens is 380 g/mol. The van der Waals surface area contributed by atoms with Gasteiger partial charge in [-0.1, -0.05) is 30.2 Å². The van der Waals surface area contributed by atoms with Crippen LogP contribution in [0.1, 0.15) is 56.6 Å². The molecule has 0 radical (unpaired) electrons. The monoisotopic (exact) mass is 406 g/mol. The first-order valence-corrected chi connectivity index (χ1v) is 9.93. The van der Waals surface area contributed by atoms with Gasteiger partial charge in [-0.3, -0.25) is 9.48 Å². The maximum Gasteiger partial charge on any atom is 0.246 e. The lowest BCUT2D eigenvalue weighted by Gasteiger charge is -2.38. The quantitative estimate of drug-likeness (QED) is 0.714. The van der Waals surface area contributed by atoms with Crippen LogP contribution in [0, 0.1) is 6.92 Å². The first-order chi connectivity index (χ1) is 13.2. The van der Waals surface area contributed by atoms with Crippen molar-refractivity contribution in [1.82, 2.24) is 29.7 Å². The molecule has 1 amide bonds. The molecule has 8 nitrogen and oxygen atoms in total. The number of rotatable bonds is 7. The van der Waals surface area contributed by atoms with Crippen molar-refractivity contribution < 1.29 is 9.90 Å². The highest BCUT2D eigenvalue weighted by Gasteiger charge is 2.33. The van der Waals surface area contributed by atoms with Gasteiger partial charge in [0.05, 0.1) is 17.9 Å². The molecule has 0 spiro atoms. The molecule has 2 aromatic heterocycles. The van der Waals surface area contributed by atoms with Crippen molar-refractivity contribution in [3.8, 4) is 0 Å². The van der Waals surface area contributed by atoms with Crippen molar-refractivity contribution in [2.24, 2.45) is 0 Å². The molecule has 3 rings (SSSR count). The van der Waals surface area contributed by atoms with E-state index < -0.39 is 5.60 Å². The van der Waals surface area contributed by atoms with Crippen LogP contribution in [0.2, 0.25) is 5.15 Å². The predicted molar refractivity (Wildman–Crippen MR) is 107 cm³/mol. The lowest BCUT2D eigenvalue weighted by Crippen LogP contribution is -2.50. The number of hydrogen-bond acceptors (Lipinski definition) is 5. The highest BCUT2D eigenvalue weighted by atomic mass is 35.5. The number of unbranched alkanes of at least 4 members (excludes halogenated alkanes) is 1. The Bertz CT molecular complexity index is 874. The molecule has 1 aliphatic rings. The van der Waals surface area contributed by atoms with Crippen LogP contribution >= 0.6 is 11.6 Å². The van der Waals surface area contributed by atoms with Crippen molar-refractivity contribution in [1.29, 1.82) is 0 Å². The fourth-order valence-corrected chi connectivity index (χ4v) is 3.33. The minimum Gasteiger partial charge on any atom is -0.384 e. The second kappa shape index (κ2) is 8.05. The number of amides is 1. The summed E-state index contributed by atoms with van der Waals surface area (Å²) in [6, 6.07) is 0.0723. The van der Waals surface area contributed by atoms with Crippen molar-refractivity contribution in [2.45, 2.75) is 58.7 Å². The van der Waals surface area contributed by atoms with Crippen molar-refractivity contribution in [2.75, 3.05) is 13.1 Å². The Hall–Kier alpha value is -2.19. The first kappa shape index (κ1) is 20.5. The minimum atomic E-state index is -1.03. The van der Waals surface area contributed by atoms with Crippen molar-refractivity contribution in [3.63, 3.8) is 0 Å². The molecule has 9 heteroatoms. The Balaban J connectivity index is 1.58. The fraction of sp³-hybridized carbons (Fsp3) is 0.579. The zero-order chi connectivity index (χ0) is 20.5. The molecule has 0 bridgehead atoms. The van der Waals surface area contributed by atoms with Gasteiger partial charge in [-0.15, -0.1) is 5.10 Å². The van der Waals surface area contributed by atoms with Gasteiger partial charge in [-0.05, 0) is 33.3 Å². The number of aliphatic hydroxyl groups is 1. The van der Waals surface area contributed by atoms with Crippen LogP contribution < -0.4 is 0 Å². The zero-order valence-corrected chi connectivity index (χ0v) is 17.5. The third kappa shape index (κ3) is 4.28. The molecule has 1 aliphatic heterocycles. The van der Waals surface area contributed by atoms with E-state index in [1.165, 1.54) is 0 Å². The van der Waals surface area contributed by atoms with Gasteiger partial charge in [0.15, 0.2) is 0 Å². The molecule has 0 unspecified atom stereocenters. The van der Waals surface area contributed by atoms with E-state index in [0.29, 0.717) is 23.9 Å². The topological polar surface area (TPSA) is 89.1 Å². The SMILES string of the molecule is CCCCn1nc(C)c(/C=C/C(=O)N2CC(n3cc(C(C)(C)O)nn3)C2)c1Cl. The maximum atomic E-state index is 12.4. The molecule has 2 aromatic rings. The summed E-state index contributed by atoms with van der Waals surface area (Å²) in [5, 5.41) is 23.1. The van der Waals surface area contributed by atoms with Crippen LogP contribution in [0.4, 0.5) is 0 Å².